The van der Waals surface area contributed by atoms with Crippen LogP contribution in [0.1, 0.15) is 41.5 Å². The number of aliphatic hydroxyl groups is 1. The molecule has 19 heavy (non-hydrogen) atoms. The second-order valence-corrected chi connectivity index (χ2v) is 5.76. The first kappa shape index (κ1) is 15.7. The van der Waals surface area contributed by atoms with Crippen molar-refractivity contribution in [3.63, 3.8) is 0 Å². The molecule has 5 heteroatoms. The lowest BCUT2D eigenvalue weighted by atomic mass is 9.88. The maximum Gasteiger partial charge on any atom is 0.417 e. The summed E-state index contributed by atoms with van der Waals surface area (Å²) < 4.78 is 5.29. The quantitative estimate of drug-likeness (QED) is 0.797. The Morgan fingerprint density at radius 3 is 2.32 bits per heavy atom. The summed E-state index contributed by atoms with van der Waals surface area (Å²) in [5.74, 6) is -0.413. The molecule has 0 aromatic rings. The highest BCUT2D eigenvalue weighted by Crippen LogP contribution is 2.35. The van der Waals surface area contributed by atoms with E-state index in [0.717, 1.165) is 4.90 Å². The van der Waals surface area contributed by atoms with Crippen LogP contribution in [0.5, 0.6) is 0 Å². The Morgan fingerprint density at radius 1 is 1.42 bits per heavy atom. The van der Waals surface area contributed by atoms with Gasteiger partial charge in [0, 0.05) is 5.57 Å². The number of aliphatic hydroxyl groups excluding tert-OH is 1. The molecule has 0 radical (unpaired) electrons. The van der Waals surface area contributed by atoms with E-state index in [1.165, 1.54) is 13.0 Å². The third kappa shape index (κ3) is 2.81. The van der Waals surface area contributed by atoms with E-state index in [2.05, 4.69) is 0 Å². The molecule has 0 aromatic carbocycles. The van der Waals surface area contributed by atoms with Gasteiger partial charge in [-0.2, -0.15) is 0 Å². The van der Waals surface area contributed by atoms with Crippen LogP contribution in [0, 0.1) is 5.92 Å². The molecule has 0 saturated carbocycles. The molecule has 1 N–H and O–H groups in total. The highest BCUT2D eigenvalue weighted by molar-refractivity contribution is 6.04. The van der Waals surface area contributed by atoms with E-state index in [0.29, 0.717) is 0 Å². The third-order valence-electron chi connectivity index (χ3n) is 3.40. The molecule has 0 spiro atoms. The fraction of sp³-hybridized carbons (Fsp3) is 0.714. The minimum atomic E-state index is -0.915. The van der Waals surface area contributed by atoms with Crippen LogP contribution in [-0.2, 0) is 9.53 Å². The number of cyclic esters (lactones) is 1. The van der Waals surface area contributed by atoms with Gasteiger partial charge in [-0.1, -0.05) is 19.9 Å². The van der Waals surface area contributed by atoms with E-state index >= 15 is 0 Å². The van der Waals surface area contributed by atoms with Crippen molar-refractivity contribution in [2.75, 3.05) is 0 Å². The van der Waals surface area contributed by atoms with Gasteiger partial charge in [0.15, 0.2) is 0 Å². The fourth-order valence-corrected chi connectivity index (χ4v) is 2.75. The van der Waals surface area contributed by atoms with Crippen molar-refractivity contribution >= 4 is 12.0 Å². The first-order valence-electron chi connectivity index (χ1n) is 6.54. The van der Waals surface area contributed by atoms with E-state index in [1.54, 1.807) is 20.8 Å². The number of carbonyl (C=O) groups is 2. The summed E-state index contributed by atoms with van der Waals surface area (Å²) in [5.41, 5.74) is -0.515. The van der Waals surface area contributed by atoms with Crippen LogP contribution in [0.25, 0.3) is 0 Å². The number of ether oxygens (including phenoxy) is 1. The second kappa shape index (κ2) is 5.33. The van der Waals surface area contributed by atoms with E-state index in [1.807, 2.05) is 13.8 Å². The van der Waals surface area contributed by atoms with Gasteiger partial charge in [0.25, 0.3) is 5.91 Å². The van der Waals surface area contributed by atoms with Crippen LogP contribution >= 0.6 is 0 Å². The Balaban J connectivity index is 3.17. The zero-order chi connectivity index (χ0) is 15.0. The molecule has 2 atom stereocenters. The van der Waals surface area contributed by atoms with E-state index in [9.17, 15) is 14.7 Å². The number of imide groups is 1. The third-order valence-corrected chi connectivity index (χ3v) is 3.40. The number of nitrogens with zero attached hydrogens (tertiary/aromatic N) is 1. The number of carbonyl (C=O) groups excluding carboxylic acids is 2. The SMILES string of the molecule is C/C=C(/C(=O)N1C(=O)OC(C)(C)[C@H]1C(C)C)[C@@H](C)O. The zero-order valence-electron chi connectivity index (χ0n) is 12.4. The van der Waals surface area contributed by atoms with Crippen LogP contribution in [0.15, 0.2) is 11.6 Å². The van der Waals surface area contributed by atoms with Crippen LogP contribution in [0.4, 0.5) is 4.79 Å². The smallest absolute Gasteiger partial charge is 0.417 e. The highest BCUT2D eigenvalue weighted by Gasteiger charge is 2.52. The van der Waals surface area contributed by atoms with Crippen LogP contribution in [-0.4, -0.2) is 39.8 Å². The fourth-order valence-electron chi connectivity index (χ4n) is 2.75. The Labute approximate surface area is 114 Å². The molecule has 1 aliphatic heterocycles. The minimum absolute atomic E-state index is 0.0671. The van der Waals surface area contributed by atoms with Crippen molar-refractivity contribution in [1.29, 1.82) is 0 Å². The molecule has 0 unspecified atom stereocenters. The van der Waals surface area contributed by atoms with Gasteiger partial charge >= 0.3 is 6.09 Å². The number of allylic oxidation sites excluding steroid dienone is 1. The van der Waals surface area contributed by atoms with Crippen molar-refractivity contribution in [1.82, 2.24) is 4.90 Å². The number of hydrogen-bond acceptors (Lipinski definition) is 4. The molecular weight excluding hydrogens is 246 g/mol. The topological polar surface area (TPSA) is 66.8 Å². The molecule has 2 amide bonds. The van der Waals surface area contributed by atoms with E-state index in [4.69, 9.17) is 4.74 Å². The number of amides is 2. The molecule has 1 fully saturated rings. The lowest BCUT2D eigenvalue weighted by Crippen LogP contribution is -2.49. The predicted molar refractivity (Wildman–Crippen MR) is 71.5 cm³/mol. The molecule has 108 valence electrons. The van der Waals surface area contributed by atoms with Gasteiger partial charge in [0.05, 0.1) is 12.1 Å². The predicted octanol–water partition coefficient (Wildman–Crippen LogP) is 2.10. The van der Waals surface area contributed by atoms with Gasteiger partial charge in [0.1, 0.15) is 5.60 Å². The van der Waals surface area contributed by atoms with Gasteiger partial charge in [-0.25, -0.2) is 9.69 Å². The Hall–Kier alpha value is -1.36. The maximum atomic E-state index is 12.4. The molecule has 1 heterocycles. The summed E-state index contributed by atoms with van der Waals surface area (Å²) in [6.45, 7) is 10.6. The van der Waals surface area contributed by atoms with Crippen molar-refractivity contribution in [2.24, 2.45) is 5.92 Å². The van der Waals surface area contributed by atoms with Gasteiger partial charge in [0.2, 0.25) is 0 Å². The van der Waals surface area contributed by atoms with Crippen LogP contribution in [0.3, 0.4) is 0 Å². The van der Waals surface area contributed by atoms with E-state index in [-0.39, 0.29) is 17.5 Å². The summed E-state index contributed by atoms with van der Waals surface area (Å²) in [7, 11) is 0. The summed E-state index contributed by atoms with van der Waals surface area (Å²) >= 11 is 0. The van der Waals surface area contributed by atoms with Crippen LogP contribution < -0.4 is 0 Å². The van der Waals surface area contributed by atoms with Gasteiger partial charge in [-0.05, 0) is 33.6 Å². The van der Waals surface area contributed by atoms with Crippen molar-refractivity contribution < 1.29 is 19.4 Å². The van der Waals surface area contributed by atoms with E-state index < -0.39 is 23.7 Å². The first-order valence-corrected chi connectivity index (χ1v) is 6.54. The number of hydrogen-bond donors (Lipinski definition) is 1. The normalized spacial score (nSPS) is 24.6. The van der Waals surface area contributed by atoms with Crippen molar-refractivity contribution in [2.45, 2.75) is 59.3 Å². The molecule has 0 aromatic heterocycles. The largest absolute Gasteiger partial charge is 0.441 e. The molecule has 1 saturated heterocycles. The van der Waals surface area contributed by atoms with Gasteiger partial charge in [-0.15, -0.1) is 0 Å². The number of rotatable bonds is 3. The van der Waals surface area contributed by atoms with Crippen molar-refractivity contribution in [3.8, 4) is 0 Å². The lowest BCUT2D eigenvalue weighted by Gasteiger charge is -2.31. The average molecular weight is 269 g/mol. The summed E-state index contributed by atoms with van der Waals surface area (Å²) in [4.78, 5) is 25.5. The first-order chi connectivity index (χ1) is 8.63. The Bertz CT molecular complexity index is 410. The highest BCUT2D eigenvalue weighted by atomic mass is 16.6. The monoisotopic (exact) mass is 269 g/mol. The molecule has 1 rings (SSSR count). The summed E-state index contributed by atoms with van der Waals surface area (Å²) in [6.07, 6.45) is -0.0290. The van der Waals surface area contributed by atoms with Crippen molar-refractivity contribution in [3.05, 3.63) is 11.6 Å². The minimum Gasteiger partial charge on any atom is -0.441 e. The molecule has 5 nitrogen and oxygen atoms in total. The average Bonchev–Trinajstić information content (AvgIpc) is 2.47. The maximum absolute atomic E-state index is 12.4. The molecule has 1 aliphatic rings. The summed E-state index contributed by atoms with van der Waals surface area (Å²) in [6, 6.07) is -0.346. The Morgan fingerprint density at radius 2 is 1.95 bits per heavy atom. The Kier molecular flexibility index (Phi) is 4.40. The molecular formula is C14H23NO4. The lowest BCUT2D eigenvalue weighted by molar-refractivity contribution is -0.127. The summed E-state index contributed by atoms with van der Waals surface area (Å²) in [5, 5.41) is 9.62. The standard InChI is InChI=1S/C14H23NO4/c1-7-10(9(4)16)12(17)15-11(8(2)3)14(5,6)19-13(15)18/h7-9,11,16H,1-6H3/b10-7+/t9-,11-/m1/s1. The van der Waals surface area contributed by atoms with Gasteiger partial charge < -0.3 is 9.84 Å². The molecule has 0 aliphatic carbocycles. The van der Waals surface area contributed by atoms with Gasteiger partial charge in [-0.3, -0.25) is 4.79 Å². The molecule has 0 bridgehead atoms. The van der Waals surface area contributed by atoms with Crippen LogP contribution in [0.2, 0.25) is 0 Å². The zero-order valence-corrected chi connectivity index (χ0v) is 12.4. The second-order valence-electron chi connectivity index (χ2n) is 5.76.